The monoisotopic (exact) mass is 220 g/mol. The van der Waals surface area contributed by atoms with Crippen molar-refractivity contribution in [2.45, 2.75) is 12.5 Å². The summed E-state index contributed by atoms with van der Waals surface area (Å²) >= 11 is 0. The van der Waals surface area contributed by atoms with Gasteiger partial charge in [0.1, 0.15) is 11.9 Å². The zero-order chi connectivity index (χ0) is 11.4. The highest BCUT2D eigenvalue weighted by Gasteiger charge is 2.24. The molecule has 0 amide bonds. The maximum absolute atomic E-state index is 5.82. The Hall–Kier alpha value is -1.06. The maximum Gasteiger partial charge on any atom is 0.124 e. The molecule has 1 aromatic carbocycles. The molecule has 0 bridgehead atoms. The van der Waals surface area contributed by atoms with E-state index in [1.807, 2.05) is 7.05 Å². The van der Waals surface area contributed by atoms with Crippen LogP contribution in [0.15, 0.2) is 24.3 Å². The smallest absolute Gasteiger partial charge is 0.124 e. The zero-order valence-corrected chi connectivity index (χ0v) is 10.1. The Morgan fingerprint density at radius 2 is 2.00 bits per heavy atom. The van der Waals surface area contributed by atoms with Gasteiger partial charge in [-0.3, -0.25) is 4.90 Å². The second kappa shape index (κ2) is 5.32. The quantitative estimate of drug-likeness (QED) is 0.805. The van der Waals surface area contributed by atoms with Gasteiger partial charge in [0, 0.05) is 13.1 Å². The number of ether oxygens (including phenoxy) is 1. The minimum Gasteiger partial charge on any atom is -0.488 e. The van der Waals surface area contributed by atoms with Gasteiger partial charge in [-0.05, 0) is 44.8 Å². The third kappa shape index (κ3) is 2.97. The van der Waals surface area contributed by atoms with E-state index in [1.54, 1.807) is 0 Å². The first-order chi connectivity index (χ1) is 7.78. The molecule has 0 aromatic heterocycles. The molecule has 0 radical (unpaired) electrons. The molecule has 3 heteroatoms. The molecule has 0 unspecified atom stereocenters. The van der Waals surface area contributed by atoms with E-state index in [0.717, 1.165) is 31.8 Å². The maximum atomic E-state index is 5.82. The Bertz CT molecular complexity index is 317. The third-order valence-electron chi connectivity index (χ3n) is 2.92. The fraction of sp³-hybridized carbons (Fsp3) is 0.538. The van der Waals surface area contributed by atoms with Gasteiger partial charge in [0.2, 0.25) is 0 Å². The van der Waals surface area contributed by atoms with Crippen LogP contribution in [0, 0.1) is 0 Å². The van der Waals surface area contributed by atoms with E-state index in [4.69, 9.17) is 4.74 Å². The van der Waals surface area contributed by atoms with Crippen LogP contribution in [0.3, 0.4) is 0 Å². The average molecular weight is 220 g/mol. The minimum atomic E-state index is 0.383. The first kappa shape index (κ1) is 11.4. The summed E-state index contributed by atoms with van der Waals surface area (Å²) in [6.45, 7) is 3.11. The van der Waals surface area contributed by atoms with E-state index < -0.39 is 0 Å². The predicted octanol–water partition coefficient (Wildman–Crippen LogP) is 1.14. The van der Waals surface area contributed by atoms with Gasteiger partial charge in [-0.25, -0.2) is 0 Å². The first-order valence-corrected chi connectivity index (χ1v) is 5.86. The highest BCUT2D eigenvalue weighted by atomic mass is 16.5. The third-order valence-corrected chi connectivity index (χ3v) is 2.92. The van der Waals surface area contributed by atoms with Crippen LogP contribution in [-0.2, 0) is 6.42 Å². The zero-order valence-electron chi connectivity index (χ0n) is 10.1. The summed E-state index contributed by atoms with van der Waals surface area (Å²) in [7, 11) is 4.09. The van der Waals surface area contributed by atoms with Gasteiger partial charge in [-0.15, -0.1) is 0 Å². The minimum absolute atomic E-state index is 0.383. The lowest BCUT2D eigenvalue weighted by atomic mass is 10.1. The van der Waals surface area contributed by atoms with Crippen LogP contribution in [0.2, 0.25) is 0 Å². The standard InChI is InChI=1S/C13H20N2O/c1-14-8-7-11-3-5-12(6-4-11)16-13-9-15(2)10-13/h3-6,13-14H,7-10H2,1-2H3. The summed E-state index contributed by atoms with van der Waals surface area (Å²) in [6.07, 6.45) is 1.45. The van der Waals surface area contributed by atoms with Crippen molar-refractivity contribution in [2.75, 3.05) is 33.7 Å². The summed E-state index contributed by atoms with van der Waals surface area (Å²) in [5, 5.41) is 3.15. The summed E-state index contributed by atoms with van der Waals surface area (Å²) in [6, 6.07) is 8.44. The fourth-order valence-corrected chi connectivity index (χ4v) is 1.91. The number of likely N-dealkylation sites (N-methyl/N-ethyl adjacent to an activating group) is 2. The van der Waals surface area contributed by atoms with Gasteiger partial charge < -0.3 is 10.1 Å². The van der Waals surface area contributed by atoms with Crippen LogP contribution in [0.25, 0.3) is 0 Å². The number of likely N-dealkylation sites (tertiary alicyclic amines) is 1. The molecule has 0 saturated carbocycles. The van der Waals surface area contributed by atoms with Crippen molar-refractivity contribution < 1.29 is 4.74 Å². The van der Waals surface area contributed by atoms with Gasteiger partial charge in [-0.1, -0.05) is 12.1 Å². The second-order valence-electron chi connectivity index (χ2n) is 4.46. The SMILES string of the molecule is CNCCc1ccc(OC2CN(C)C2)cc1. The van der Waals surface area contributed by atoms with Gasteiger partial charge >= 0.3 is 0 Å². The van der Waals surface area contributed by atoms with Crippen molar-refractivity contribution in [3.05, 3.63) is 29.8 Å². The van der Waals surface area contributed by atoms with Crippen LogP contribution in [0.5, 0.6) is 5.75 Å². The molecule has 0 aliphatic carbocycles. The second-order valence-corrected chi connectivity index (χ2v) is 4.46. The molecular weight excluding hydrogens is 200 g/mol. The molecule has 1 aliphatic rings. The molecule has 2 rings (SSSR count). The van der Waals surface area contributed by atoms with E-state index in [1.165, 1.54) is 5.56 Å². The number of benzene rings is 1. The lowest BCUT2D eigenvalue weighted by Crippen LogP contribution is -2.51. The molecule has 0 atom stereocenters. The lowest BCUT2D eigenvalue weighted by molar-refractivity contribution is 0.0388. The summed E-state index contributed by atoms with van der Waals surface area (Å²) in [5.41, 5.74) is 1.35. The molecule has 1 aromatic rings. The predicted molar refractivity (Wildman–Crippen MR) is 66.0 cm³/mol. The normalized spacial score (nSPS) is 17.1. The van der Waals surface area contributed by atoms with E-state index in [9.17, 15) is 0 Å². The molecule has 1 N–H and O–H groups in total. The number of nitrogens with one attached hydrogen (secondary N) is 1. The lowest BCUT2D eigenvalue weighted by Gasteiger charge is -2.36. The van der Waals surface area contributed by atoms with Crippen LogP contribution in [0.1, 0.15) is 5.56 Å². The molecule has 1 fully saturated rings. The van der Waals surface area contributed by atoms with Crippen LogP contribution in [0.4, 0.5) is 0 Å². The fourth-order valence-electron chi connectivity index (χ4n) is 1.91. The Morgan fingerprint density at radius 3 is 2.56 bits per heavy atom. The highest BCUT2D eigenvalue weighted by molar-refractivity contribution is 5.27. The Labute approximate surface area is 97.4 Å². The van der Waals surface area contributed by atoms with Crippen molar-refractivity contribution >= 4 is 0 Å². The number of rotatable bonds is 5. The van der Waals surface area contributed by atoms with Gasteiger partial charge in [0.15, 0.2) is 0 Å². The van der Waals surface area contributed by atoms with E-state index in [0.29, 0.717) is 6.10 Å². The highest BCUT2D eigenvalue weighted by Crippen LogP contribution is 2.17. The molecule has 1 saturated heterocycles. The molecule has 16 heavy (non-hydrogen) atoms. The Kier molecular flexibility index (Phi) is 3.80. The van der Waals surface area contributed by atoms with Gasteiger partial charge in [-0.2, -0.15) is 0 Å². The van der Waals surface area contributed by atoms with Crippen LogP contribution >= 0.6 is 0 Å². The average Bonchev–Trinajstić information content (AvgIpc) is 2.26. The van der Waals surface area contributed by atoms with Crippen molar-refractivity contribution in [2.24, 2.45) is 0 Å². The summed E-state index contributed by atoms with van der Waals surface area (Å²) in [4.78, 5) is 2.26. The van der Waals surface area contributed by atoms with Crippen LogP contribution < -0.4 is 10.1 Å². The van der Waals surface area contributed by atoms with Crippen molar-refractivity contribution in [1.82, 2.24) is 10.2 Å². The van der Waals surface area contributed by atoms with E-state index in [2.05, 4.69) is 41.5 Å². The molecule has 1 aliphatic heterocycles. The number of hydrogen-bond donors (Lipinski definition) is 1. The van der Waals surface area contributed by atoms with E-state index in [-0.39, 0.29) is 0 Å². The molecular formula is C13H20N2O. The van der Waals surface area contributed by atoms with E-state index >= 15 is 0 Å². The molecule has 88 valence electrons. The Morgan fingerprint density at radius 1 is 1.31 bits per heavy atom. The van der Waals surface area contributed by atoms with Gasteiger partial charge in [0.05, 0.1) is 0 Å². The molecule has 3 nitrogen and oxygen atoms in total. The van der Waals surface area contributed by atoms with Gasteiger partial charge in [0.25, 0.3) is 0 Å². The summed E-state index contributed by atoms with van der Waals surface area (Å²) in [5.74, 6) is 0.992. The molecule has 0 spiro atoms. The topological polar surface area (TPSA) is 24.5 Å². The first-order valence-electron chi connectivity index (χ1n) is 5.86. The molecule has 1 heterocycles. The van der Waals surface area contributed by atoms with Crippen LogP contribution in [-0.4, -0.2) is 44.7 Å². The number of nitrogens with zero attached hydrogens (tertiary/aromatic N) is 1. The van der Waals surface area contributed by atoms with Crippen molar-refractivity contribution in [3.8, 4) is 5.75 Å². The number of hydrogen-bond acceptors (Lipinski definition) is 3. The Balaban J connectivity index is 1.82. The largest absolute Gasteiger partial charge is 0.488 e. The summed E-state index contributed by atoms with van der Waals surface area (Å²) < 4.78 is 5.82. The van der Waals surface area contributed by atoms with Crippen molar-refractivity contribution in [3.63, 3.8) is 0 Å². The van der Waals surface area contributed by atoms with Crippen molar-refractivity contribution in [1.29, 1.82) is 0 Å².